The van der Waals surface area contributed by atoms with Crippen LogP contribution < -0.4 is 10.1 Å². The summed E-state index contributed by atoms with van der Waals surface area (Å²) in [5.41, 5.74) is 3.86. The third-order valence-corrected chi connectivity index (χ3v) is 6.10. The van der Waals surface area contributed by atoms with Crippen molar-refractivity contribution in [3.63, 3.8) is 0 Å². The number of benzene rings is 3. The second-order valence-corrected chi connectivity index (χ2v) is 8.45. The summed E-state index contributed by atoms with van der Waals surface area (Å²) in [6.07, 6.45) is 1.33. The minimum atomic E-state index is -1.00. The van der Waals surface area contributed by atoms with E-state index in [1.807, 2.05) is 66.7 Å². The Morgan fingerprint density at radius 2 is 1.68 bits per heavy atom. The number of hydrogen-bond acceptors (Lipinski definition) is 5. The van der Waals surface area contributed by atoms with Crippen LogP contribution in [0.5, 0.6) is 5.75 Å². The minimum Gasteiger partial charge on any atom is -0.489 e. The fourth-order valence-electron chi connectivity index (χ4n) is 4.27. The van der Waals surface area contributed by atoms with Gasteiger partial charge in [-0.25, -0.2) is 4.79 Å². The van der Waals surface area contributed by atoms with Crippen LogP contribution >= 0.6 is 0 Å². The summed E-state index contributed by atoms with van der Waals surface area (Å²) in [6.45, 7) is 2.19. The molecule has 1 aliphatic heterocycles. The first-order chi connectivity index (χ1) is 16.6. The van der Waals surface area contributed by atoms with Crippen LogP contribution in [0, 0.1) is 0 Å². The summed E-state index contributed by atoms with van der Waals surface area (Å²) in [7, 11) is 0. The first-order valence-corrected chi connectivity index (χ1v) is 11.8. The third kappa shape index (κ3) is 6.03. The average molecular weight is 462 g/mol. The van der Waals surface area contributed by atoms with Crippen LogP contribution in [0.3, 0.4) is 0 Å². The highest BCUT2D eigenvalue weighted by atomic mass is 16.5. The molecule has 0 aromatic heterocycles. The highest BCUT2D eigenvalue weighted by Crippen LogP contribution is 2.36. The van der Waals surface area contributed by atoms with Gasteiger partial charge in [-0.05, 0) is 35.7 Å². The lowest BCUT2D eigenvalue weighted by molar-refractivity contribution is 0.0245. The van der Waals surface area contributed by atoms with Crippen molar-refractivity contribution in [3.05, 3.63) is 89.5 Å². The van der Waals surface area contributed by atoms with Crippen molar-refractivity contribution in [1.82, 2.24) is 5.32 Å². The zero-order valence-electron chi connectivity index (χ0n) is 19.2. The molecule has 1 fully saturated rings. The van der Waals surface area contributed by atoms with Crippen molar-refractivity contribution in [3.8, 4) is 16.9 Å². The number of carboxylic acids is 1. The van der Waals surface area contributed by atoms with Crippen molar-refractivity contribution in [2.45, 2.75) is 31.5 Å². The van der Waals surface area contributed by atoms with E-state index in [0.29, 0.717) is 38.5 Å². The van der Waals surface area contributed by atoms with Gasteiger partial charge in [-0.1, -0.05) is 66.7 Å². The van der Waals surface area contributed by atoms with Crippen LogP contribution in [0.2, 0.25) is 0 Å². The second-order valence-electron chi connectivity index (χ2n) is 8.45. The van der Waals surface area contributed by atoms with E-state index in [-0.39, 0.29) is 11.7 Å². The molecule has 0 aliphatic carbocycles. The van der Waals surface area contributed by atoms with Gasteiger partial charge >= 0.3 is 5.97 Å². The predicted octanol–water partition coefficient (Wildman–Crippen LogP) is 4.48. The van der Waals surface area contributed by atoms with Crippen molar-refractivity contribution in [1.29, 1.82) is 0 Å². The van der Waals surface area contributed by atoms with Gasteiger partial charge in [-0.15, -0.1) is 0 Å². The standard InChI is InChI=1S/C28H31NO5/c30-26(21-9-5-2-6-10-21)19-29-16-13-24-23(20-7-3-1-4-8-20)11-12-25(28(31)32)27(24)34-22-14-17-33-18-15-22/h1-12,22,26,29-30H,13-19H2,(H,31,32)/t26-/m0/s1. The summed E-state index contributed by atoms with van der Waals surface area (Å²) in [5, 5.41) is 23.7. The van der Waals surface area contributed by atoms with Crippen LogP contribution in [-0.4, -0.2) is 48.6 Å². The molecule has 3 aromatic rings. The highest BCUT2D eigenvalue weighted by molar-refractivity contribution is 5.93. The Morgan fingerprint density at radius 3 is 2.35 bits per heavy atom. The molecule has 0 unspecified atom stereocenters. The number of ether oxygens (including phenoxy) is 2. The fourth-order valence-corrected chi connectivity index (χ4v) is 4.27. The van der Waals surface area contributed by atoms with Gasteiger partial charge in [0.25, 0.3) is 0 Å². The van der Waals surface area contributed by atoms with Crippen molar-refractivity contribution in [2.75, 3.05) is 26.3 Å². The van der Waals surface area contributed by atoms with Crippen LogP contribution in [0.1, 0.15) is 40.4 Å². The van der Waals surface area contributed by atoms with Crippen molar-refractivity contribution < 1.29 is 24.5 Å². The lowest BCUT2D eigenvalue weighted by atomic mass is 9.94. The summed E-state index contributed by atoms with van der Waals surface area (Å²) in [4.78, 5) is 12.1. The maximum absolute atomic E-state index is 12.1. The third-order valence-electron chi connectivity index (χ3n) is 6.10. The fraction of sp³-hybridized carbons (Fsp3) is 0.321. The SMILES string of the molecule is O=C(O)c1ccc(-c2ccccc2)c(CCNC[C@H](O)c2ccccc2)c1OC1CCOCC1. The molecule has 3 aromatic carbocycles. The Hall–Kier alpha value is -3.19. The first kappa shape index (κ1) is 24.0. The number of aromatic carboxylic acids is 1. The summed E-state index contributed by atoms with van der Waals surface area (Å²) in [6, 6.07) is 23.0. The predicted molar refractivity (Wildman–Crippen MR) is 131 cm³/mol. The smallest absolute Gasteiger partial charge is 0.339 e. The van der Waals surface area contributed by atoms with Gasteiger partial charge in [0.05, 0.1) is 19.3 Å². The lowest BCUT2D eigenvalue weighted by Gasteiger charge is -2.26. The summed E-state index contributed by atoms with van der Waals surface area (Å²) < 4.78 is 11.8. The highest BCUT2D eigenvalue weighted by Gasteiger charge is 2.24. The van der Waals surface area contributed by atoms with Crippen LogP contribution in [0.4, 0.5) is 0 Å². The van der Waals surface area contributed by atoms with E-state index in [1.54, 1.807) is 6.07 Å². The van der Waals surface area contributed by atoms with Gasteiger partial charge in [-0.2, -0.15) is 0 Å². The molecule has 0 saturated carbocycles. The zero-order chi connectivity index (χ0) is 23.8. The molecule has 1 heterocycles. The van der Waals surface area contributed by atoms with E-state index < -0.39 is 12.1 Å². The maximum Gasteiger partial charge on any atom is 0.339 e. The zero-order valence-corrected chi connectivity index (χ0v) is 19.2. The first-order valence-electron chi connectivity index (χ1n) is 11.8. The molecule has 0 amide bonds. The Bertz CT molecular complexity index is 1060. The number of hydrogen-bond donors (Lipinski definition) is 3. The molecular formula is C28H31NO5. The molecule has 6 nitrogen and oxygen atoms in total. The Morgan fingerprint density at radius 1 is 1.00 bits per heavy atom. The van der Waals surface area contributed by atoms with Crippen LogP contribution in [0.15, 0.2) is 72.8 Å². The topological polar surface area (TPSA) is 88.0 Å². The molecule has 0 bridgehead atoms. The lowest BCUT2D eigenvalue weighted by Crippen LogP contribution is -2.28. The Labute approximate surface area is 200 Å². The minimum absolute atomic E-state index is 0.0792. The van der Waals surface area contributed by atoms with Crippen LogP contribution in [-0.2, 0) is 11.2 Å². The molecular weight excluding hydrogens is 430 g/mol. The molecule has 178 valence electrons. The van der Waals surface area contributed by atoms with E-state index in [2.05, 4.69) is 5.32 Å². The number of nitrogens with one attached hydrogen (secondary N) is 1. The largest absolute Gasteiger partial charge is 0.489 e. The quantitative estimate of drug-likeness (QED) is 0.386. The average Bonchev–Trinajstić information content (AvgIpc) is 2.88. The van der Waals surface area contributed by atoms with E-state index in [9.17, 15) is 15.0 Å². The molecule has 34 heavy (non-hydrogen) atoms. The summed E-state index contributed by atoms with van der Waals surface area (Å²) in [5.74, 6) is -0.568. The van der Waals surface area contributed by atoms with Gasteiger partial charge < -0.3 is 25.0 Å². The molecule has 0 spiro atoms. The molecule has 1 atom stereocenters. The van der Waals surface area contributed by atoms with Gasteiger partial charge in [0.15, 0.2) is 0 Å². The number of aliphatic hydroxyl groups excluding tert-OH is 1. The van der Waals surface area contributed by atoms with E-state index in [4.69, 9.17) is 9.47 Å². The number of rotatable bonds is 10. The van der Waals surface area contributed by atoms with Gasteiger partial charge in [-0.3, -0.25) is 0 Å². The second kappa shape index (κ2) is 11.8. The van der Waals surface area contributed by atoms with Crippen molar-refractivity contribution in [2.24, 2.45) is 0 Å². The Kier molecular flexibility index (Phi) is 8.31. The number of carbonyl (C=O) groups is 1. The molecule has 3 N–H and O–H groups in total. The summed E-state index contributed by atoms with van der Waals surface area (Å²) >= 11 is 0. The molecule has 4 rings (SSSR count). The van der Waals surface area contributed by atoms with Gasteiger partial charge in [0.2, 0.25) is 0 Å². The Balaban J connectivity index is 1.59. The van der Waals surface area contributed by atoms with Crippen LogP contribution in [0.25, 0.3) is 11.1 Å². The van der Waals surface area contributed by atoms with Gasteiger partial charge in [0.1, 0.15) is 17.4 Å². The number of aliphatic hydroxyl groups is 1. The maximum atomic E-state index is 12.1. The normalized spacial score (nSPS) is 15.1. The number of carboxylic acid groups (broad SMARTS) is 1. The molecule has 0 radical (unpaired) electrons. The molecule has 1 aliphatic rings. The molecule has 6 heteroatoms. The van der Waals surface area contributed by atoms with E-state index in [1.165, 1.54) is 0 Å². The van der Waals surface area contributed by atoms with E-state index in [0.717, 1.165) is 35.1 Å². The molecule has 1 saturated heterocycles. The monoisotopic (exact) mass is 461 g/mol. The van der Waals surface area contributed by atoms with E-state index >= 15 is 0 Å². The van der Waals surface area contributed by atoms with Gasteiger partial charge in [0, 0.05) is 24.9 Å². The van der Waals surface area contributed by atoms with Crippen molar-refractivity contribution >= 4 is 5.97 Å².